The number of hydrogen-bond donors (Lipinski definition) is 0. The van der Waals surface area contributed by atoms with E-state index in [1.54, 1.807) is 12.1 Å². The molecule has 0 saturated carbocycles. The molecule has 0 unspecified atom stereocenters. The monoisotopic (exact) mass is 288 g/mol. The summed E-state index contributed by atoms with van der Waals surface area (Å²) in [7, 11) is 0. The molecule has 0 bridgehead atoms. The number of aryl methyl sites for hydroxylation is 1. The lowest BCUT2D eigenvalue weighted by molar-refractivity contribution is -0.0328. The van der Waals surface area contributed by atoms with Crippen LogP contribution in [-0.4, -0.2) is 11.4 Å². The molecule has 6 heteroatoms. The van der Waals surface area contributed by atoms with Crippen molar-refractivity contribution in [2.75, 3.05) is 5.88 Å². The summed E-state index contributed by atoms with van der Waals surface area (Å²) < 4.78 is 36.9. The maximum Gasteiger partial charge on any atom is 0.446 e. The van der Waals surface area contributed by atoms with Gasteiger partial charge in [-0.2, -0.15) is 13.2 Å². The fourth-order valence-electron chi connectivity index (χ4n) is 1.24. The second kappa shape index (κ2) is 6.03. The summed E-state index contributed by atoms with van der Waals surface area (Å²) in [6, 6.07) is 4.75. The van der Waals surface area contributed by atoms with Crippen molar-refractivity contribution < 1.29 is 13.2 Å². The van der Waals surface area contributed by atoms with Crippen LogP contribution in [-0.2, 0) is 6.42 Å². The van der Waals surface area contributed by atoms with Crippen molar-refractivity contribution in [3.8, 4) is 0 Å². The summed E-state index contributed by atoms with van der Waals surface area (Å²) in [5.41, 5.74) is -3.73. The van der Waals surface area contributed by atoms with Crippen LogP contribution in [0.15, 0.2) is 23.1 Å². The summed E-state index contributed by atoms with van der Waals surface area (Å²) in [4.78, 5) is 0.0850. The van der Waals surface area contributed by atoms with Gasteiger partial charge >= 0.3 is 5.51 Å². The molecule has 1 aromatic rings. The third kappa shape index (κ3) is 4.44. The zero-order valence-corrected chi connectivity index (χ0v) is 10.5. The number of rotatable bonds is 4. The standard InChI is InChI=1S/C10H9Cl2F3S/c11-6-2-4-7-3-1-5-8(12)9(7)16-10(13,14)15/h1,3,5H,2,4,6H2. The minimum absolute atomic E-state index is 0.0850. The highest BCUT2D eigenvalue weighted by Gasteiger charge is 2.31. The molecule has 0 amide bonds. The van der Waals surface area contributed by atoms with Gasteiger partial charge in [-0.1, -0.05) is 23.7 Å². The van der Waals surface area contributed by atoms with E-state index >= 15 is 0 Å². The Morgan fingerprint density at radius 2 is 1.94 bits per heavy atom. The first kappa shape index (κ1) is 14.0. The summed E-state index contributed by atoms with van der Waals surface area (Å²) in [6.45, 7) is 0. The minimum atomic E-state index is -4.32. The van der Waals surface area contributed by atoms with E-state index in [9.17, 15) is 13.2 Å². The number of alkyl halides is 4. The Labute approximate surface area is 106 Å². The van der Waals surface area contributed by atoms with Crippen molar-refractivity contribution in [2.45, 2.75) is 23.2 Å². The second-order valence-electron chi connectivity index (χ2n) is 3.07. The van der Waals surface area contributed by atoms with Crippen LogP contribution in [0, 0.1) is 0 Å². The highest BCUT2D eigenvalue weighted by molar-refractivity contribution is 8.00. The van der Waals surface area contributed by atoms with E-state index in [0.717, 1.165) is 0 Å². The highest BCUT2D eigenvalue weighted by Crippen LogP contribution is 2.42. The average molecular weight is 289 g/mol. The zero-order chi connectivity index (χ0) is 12.2. The van der Waals surface area contributed by atoms with E-state index in [0.29, 0.717) is 24.3 Å². The molecular formula is C10H9Cl2F3S. The SMILES string of the molecule is FC(F)(F)Sc1c(Cl)cccc1CCCCl. The molecule has 0 heterocycles. The molecule has 0 N–H and O–H groups in total. The van der Waals surface area contributed by atoms with Crippen LogP contribution in [0.5, 0.6) is 0 Å². The van der Waals surface area contributed by atoms with Crippen LogP contribution >= 0.6 is 35.0 Å². The second-order valence-corrected chi connectivity index (χ2v) is 4.93. The molecule has 90 valence electrons. The smallest absolute Gasteiger partial charge is 0.160 e. The van der Waals surface area contributed by atoms with Crippen LogP contribution in [0.2, 0.25) is 5.02 Å². The number of thioether (sulfide) groups is 1. The molecule has 0 aliphatic heterocycles. The molecule has 1 aromatic carbocycles. The Morgan fingerprint density at radius 1 is 1.25 bits per heavy atom. The number of benzene rings is 1. The molecule has 0 nitrogen and oxygen atoms in total. The van der Waals surface area contributed by atoms with Gasteiger partial charge in [0.05, 0.1) is 5.02 Å². The summed E-state index contributed by atoms with van der Waals surface area (Å²) in [5.74, 6) is 0.419. The molecule has 0 atom stereocenters. The quantitative estimate of drug-likeness (QED) is 0.547. The number of halogens is 5. The van der Waals surface area contributed by atoms with Crippen LogP contribution < -0.4 is 0 Å². The molecule has 0 spiro atoms. The molecule has 0 saturated heterocycles. The molecular weight excluding hydrogens is 280 g/mol. The fourth-order valence-corrected chi connectivity index (χ4v) is 2.38. The first-order valence-electron chi connectivity index (χ1n) is 4.53. The molecule has 0 aliphatic carbocycles. The zero-order valence-electron chi connectivity index (χ0n) is 8.15. The van der Waals surface area contributed by atoms with E-state index in [4.69, 9.17) is 23.2 Å². The van der Waals surface area contributed by atoms with E-state index in [-0.39, 0.29) is 21.7 Å². The predicted octanol–water partition coefficient (Wildman–Crippen LogP) is 5.12. The Bertz CT molecular complexity index is 352. The van der Waals surface area contributed by atoms with Crippen LogP contribution in [0.3, 0.4) is 0 Å². The summed E-state index contributed by atoms with van der Waals surface area (Å²) in [5, 5.41) is 0.134. The molecule has 0 aliphatic rings. The summed E-state index contributed by atoms with van der Waals surface area (Å²) in [6.07, 6.45) is 1.13. The van der Waals surface area contributed by atoms with Gasteiger partial charge in [0.2, 0.25) is 0 Å². The lowest BCUT2D eigenvalue weighted by Crippen LogP contribution is -2.02. The third-order valence-corrected chi connectivity index (χ3v) is 3.46. The van der Waals surface area contributed by atoms with Crippen LogP contribution in [0.1, 0.15) is 12.0 Å². The fraction of sp³-hybridized carbons (Fsp3) is 0.400. The number of hydrogen-bond acceptors (Lipinski definition) is 1. The topological polar surface area (TPSA) is 0 Å². The molecule has 0 radical (unpaired) electrons. The van der Waals surface area contributed by atoms with Gasteiger partial charge in [0.1, 0.15) is 0 Å². The van der Waals surface area contributed by atoms with Crippen molar-refractivity contribution >= 4 is 35.0 Å². The molecule has 0 fully saturated rings. The Balaban J connectivity index is 2.94. The van der Waals surface area contributed by atoms with E-state index in [2.05, 4.69) is 0 Å². The van der Waals surface area contributed by atoms with Crippen molar-refractivity contribution in [2.24, 2.45) is 0 Å². The normalized spacial score (nSPS) is 11.8. The van der Waals surface area contributed by atoms with Crippen LogP contribution in [0.25, 0.3) is 0 Å². The summed E-state index contributed by atoms with van der Waals surface area (Å²) >= 11 is 11.1. The van der Waals surface area contributed by atoms with Crippen molar-refractivity contribution in [3.63, 3.8) is 0 Å². The average Bonchev–Trinajstić information content (AvgIpc) is 2.17. The highest BCUT2D eigenvalue weighted by atomic mass is 35.5. The van der Waals surface area contributed by atoms with Crippen molar-refractivity contribution in [1.29, 1.82) is 0 Å². The van der Waals surface area contributed by atoms with E-state index < -0.39 is 5.51 Å². The predicted molar refractivity (Wildman–Crippen MR) is 62.4 cm³/mol. The Kier molecular flexibility index (Phi) is 5.28. The van der Waals surface area contributed by atoms with Gasteiger partial charge in [-0.05, 0) is 36.2 Å². The Hall–Kier alpha value is -0.0600. The first-order chi connectivity index (χ1) is 7.44. The van der Waals surface area contributed by atoms with E-state index in [1.807, 2.05) is 0 Å². The molecule has 0 aromatic heterocycles. The van der Waals surface area contributed by atoms with Gasteiger partial charge in [-0.3, -0.25) is 0 Å². The maximum absolute atomic E-state index is 12.3. The van der Waals surface area contributed by atoms with E-state index in [1.165, 1.54) is 6.07 Å². The first-order valence-corrected chi connectivity index (χ1v) is 6.26. The lowest BCUT2D eigenvalue weighted by Gasteiger charge is -2.12. The van der Waals surface area contributed by atoms with Gasteiger partial charge in [-0.15, -0.1) is 11.6 Å². The maximum atomic E-state index is 12.3. The lowest BCUT2D eigenvalue weighted by atomic mass is 10.1. The van der Waals surface area contributed by atoms with Gasteiger partial charge in [0.15, 0.2) is 0 Å². The van der Waals surface area contributed by atoms with Crippen LogP contribution in [0.4, 0.5) is 13.2 Å². The van der Waals surface area contributed by atoms with Gasteiger partial charge in [-0.25, -0.2) is 0 Å². The Morgan fingerprint density at radius 3 is 2.50 bits per heavy atom. The van der Waals surface area contributed by atoms with Gasteiger partial charge < -0.3 is 0 Å². The molecule has 1 rings (SSSR count). The van der Waals surface area contributed by atoms with Crippen molar-refractivity contribution in [3.05, 3.63) is 28.8 Å². The third-order valence-electron chi connectivity index (χ3n) is 1.85. The van der Waals surface area contributed by atoms with Gasteiger partial charge in [0, 0.05) is 10.8 Å². The van der Waals surface area contributed by atoms with Crippen molar-refractivity contribution in [1.82, 2.24) is 0 Å². The molecule has 16 heavy (non-hydrogen) atoms. The van der Waals surface area contributed by atoms with Gasteiger partial charge in [0.25, 0.3) is 0 Å². The largest absolute Gasteiger partial charge is 0.446 e. The minimum Gasteiger partial charge on any atom is -0.160 e.